The van der Waals surface area contributed by atoms with Crippen molar-refractivity contribution in [2.75, 3.05) is 11.9 Å². The van der Waals surface area contributed by atoms with Crippen LogP contribution < -0.4 is 10.6 Å². The number of benzene rings is 2. The standard InChI is InChI=1S/C25H25ClF4N4O/c1-14-22(16-4-7-18(27)8-5-16)23(34-33-14)31-13-15-2-9-19(10-3-15)32-24(35)20-12-17(25(28,29)30)6-11-21(20)26/h4-8,11-12,15,19H,2-3,9-10,13H2,1H3,(H,32,35)(H2,31,33,34)/t15-,19-. The number of aromatic amines is 1. The van der Waals surface area contributed by atoms with E-state index in [4.69, 9.17) is 11.6 Å². The summed E-state index contributed by atoms with van der Waals surface area (Å²) in [5.41, 5.74) is 1.55. The van der Waals surface area contributed by atoms with E-state index < -0.39 is 17.6 Å². The van der Waals surface area contributed by atoms with E-state index in [-0.39, 0.29) is 22.4 Å². The zero-order chi connectivity index (χ0) is 25.2. The number of aromatic nitrogens is 2. The summed E-state index contributed by atoms with van der Waals surface area (Å²) in [6.07, 6.45) is -1.46. The number of hydrogen-bond donors (Lipinski definition) is 3. The van der Waals surface area contributed by atoms with Crippen molar-refractivity contribution in [2.45, 2.75) is 44.8 Å². The van der Waals surface area contributed by atoms with Crippen LogP contribution in [0.3, 0.4) is 0 Å². The van der Waals surface area contributed by atoms with E-state index in [1.54, 1.807) is 12.1 Å². The number of hydrogen-bond acceptors (Lipinski definition) is 3. The average Bonchev–Trinajstić information content (AvgIpc) is 3.19. The van der Waals surface area contributed by atoms with Crippen LogP contribution in [0, 0.1) is 18.7 Å². The minimum absolute atomic E-state index is 0.0142. The van der Waals surface area contributed by atoms with Crippen molar-refractivity contribution in [3.8, 4) is 11.1 Å². The SMILES string of the molecule is Cc1[nH]nc(NC[C@H]2CC[C@H](NC(=O)c3cc(C(F)(F)F)ccc3Cl)CC2)c1-c1ccc(F)cc1. The summed E-state index contributed by atoms with van der Waals surface area (Å²) in [7, 11) is 0. The zero-order valence-electron chi connectivity index (χ0n) is 19.0. The Hall–Kier alpha value is -3.07. The molecular formula is C25H25ClF4N4O. The van der Waals surface area contributed by atoms with Crippen molar-refractivity contribution >= 4 is 23.3 Å². The van der Waals surface area contributed by atoms with Gasteiger partial charge in [-0.05, 0) is 74.4 Å². The first-order valence-electron chi connectivity index (χ1n) is 11.3. The molecule has 186 valence electrons. The van der Waals surface area contributed by atoms with Crippen molar-refractivity contribution in [3.63, 3.8) is 0 Å². The van der Waals surface area contributed by atoms with Gasteiger partial charge in [-0.15, -0.1) is 0 Å². The summed E-state index contributed by atoms with van der Waals surface area (Å²) >= 11 is 5.98. The van der Waals surface area contributed by atoms with Crippen LogP contribution >= 0.6 is 11.6 Å². The molecule has 3 aromatic rings. The molecule has 3 N–H and O–H groups in total. The maximum absolute atomic E-state index is 13.3. The first-order valence-corrected chi connectivity index (χ1v) is 11.7. The molecule has 0 unspecified atom stereocenters. The van der Waals surface area contributed by atoms with Gasteiger partial charge in [-0.2, -0.15) is 18.3 Å². The summed E-state index contributed by atoms with van der Waals surface area (Å²) in [6.45, 7) is 2.58. The Morgan fingerprint density at radius 1 is 1.11 bits per heavy atom. The number of nitrogens with zero attached hydrogens (tertiary/aromatic N) is 1. The quantitative estimate of drug-likeness (QED) is 0.329. The van der Waals surface area contributed by atoms with Crippen molar-refractivity contribution in [2.24, 2.45) is 5.92 Å². The number of rotatable bonds is 6. The van der Waals surface area contributed by atoms with Crippen molar-refractivity contribution in [3.05, 3.63) is 70.1 Å². The fraction of sp³-hybridized carbons (Fsp3) is 0.360. The van der Waals surface area contributed by atoms with Gasteiger partial charge in [0.05, 0.1) is 16.1 Å². The number of carbonyl (C=O) groups excluding carboxylic acids is 1. The molecule has 0 saturated heterocycles. The van der Waals surface area contributed by atoms with Gasteiger partial charge < -0.3 is 10.6 Å². The Bertz CT molecular complexity index is 1190. The van der Waals surface area contributed by atoms with E-state index in [0.717, 1.165) is 47.9 Å². The molecule has 10 heteroatoms. The summed E-state index contributed by atoms with van der Waals surface area (Å²) < 4.78 is 52.3. The minimum Gasteiger partial charge on any atom is -0.368 e. The monoisotopic (exact) mass is 508 g/mol. The molecule has 1 aliphatic rings. The maximum atomic E-state index is 13.3. The molecule has 0 spiro atoms. The number of H-pyrrole nitrogens is 1. The Morgan fingerprint density at radius 3 is 2.46 bits per heavy atom. The zero-order valence-corrected chi connectivity index (χ0v) is 19.7. The topological polar surface area (TPSA) is 69.8 Å². The summed E-state index contributed by atoms with van der Waals surface area (Å²) in [4.78, 5) is 12.6. The number of aryl methyl sites for hydroxylation is 1. The lowest BCUT2D eigenvalue weighted by Gasteiger charge is -2.29. The van der Waals surface area contributed by atoms with E-state index in [1.165, 1.54) is 12.1 Å². The smallest absolute Gasteiger partial charge is 0.368 e. The molecule has 2 aromatic carbocycles. The predicted octanol–water partition coefficient (Wildman–Crippen LogP) is 6.60. The minimum atomic E-state index is -4.55. The van der Waals surface area contributed by atoms with Gasteiger partial charge in [0.1, 0.15) is 5.82 Å². The maximum Gasteiger partial charge on any atom is 0.416 e. The molecule has 1 saturated carbocycles. The Morgan fingerprint density at radius 2 is 1.80 bits per heavy atom. The third kappa shape index (κ3) is 5.96. The van der Waals surface area contributed by atoms with Crippen LogP contribution in [-0.4, -0.2) is 28.7 Å². The third-order valence-electron chi connectivity index (χ3n) is 6.36. The van der Waals surface area contributed by atoms with Crippen LogP contribution in [-0.2, 0) is 6.18 Å². The van der Waals surface area contributed by atoms with Crippen LogP contribution in [0.1, 0.15) is 47.3 Å². The van der Waals surface area contributed by atoms with Gasteiger partial charge in [0.2, 0.25) is 0 Å². The first-order chi connectivity index (χ1) is 16.6. The lowest BCUT2D eigenvalue weighted by molar-refractivity contribution is -0.137. The highest BCUT2D eigenvalue weighted by Gasteiger charge is 2.32. The molecule has 1 aliphatic carbocycles. The van der Waals surface area contributed by atoms with Gasteiger partial charge in [0, 0.05) is 23.8 Å². The molecule has 0 radical (unpaired) electrons. The van der Waals surface area contributed by atoms with Crippen LogP contribution in [0.2, 0.25) is 5.02 Å². The van der Waals surface area contributed by atoms with Crippen molar-refractivity contribution in [1.82, 2.24) is 15.5 Å². The lowest BCUT2D eigenvalue weighted by Crippen LogP contribution is -2.38. The molecule has 1 heterocycles. The molecule has 1 amide bonds. The van der Waals surface area contributed by atoms with E-state index in [1.807, 2.05) is 6.92 Å². The molecule has 35 heavy (non-hydrogen) atoms. The average molecular weight is 509 g/mol. The van der Waals surface area contributed by atoms with Gasteiger partial charge in [-0.25, -0.2) is 4.39 Å². The number of alkyl halides is 3. The molecule has 4 rings (SSSR count). The summed E-state index contributed by atoms with van der Waals surface area (Å²) in [6, 6.07) is 8.86. The molecule has 5 nitrogen and oxygen atoms in total. The van der Waals surface area contributed by atoms with Gasteiger partial charge in [0.15, 0.2) is 5.82 Å². The number of carbonyl (C=O) groups is 1. The van der Waals surface area contributed by atoms with E-state index in [0.29, 0.717) is 31.1 Å². The highest BCUT2D eigenvalue weighted by molar-refractivity contribution is 6.33. The van der Waals surface area contributed by atoms with Gasteiger partial charge in [-0.3, -0.25) is 9.89 Å². The normalized spacial score (nSPS) is 18.3. The van der Waals surface area contributed by atoms with Crippen molar-refractivity contribution < 1.29 is 22.4 Å². The lowest BCUT2D eigenvalue weighted by atomic mass is 9.86. The van der Waals surface area contributed by atoms with Gasteiger partial charge in [0.25, 0.3) is 5.91 Å². The van der Waals surface area contributed by atoms with Gasteiger partial charge in [-0.1, -0.05) is 23.7 Å². The number of nitrogens with one attached hydrogen (secondary N) is 3. The molecule has 1 fully saturated rings. The van der Waals surface area contributed by atoms with Crippen LogP contribution in [0.25, 0.3) is 11.1 Å². The predicted molar refractivity (Wildman–Crippen MR) is 127 cm³/mol. The molecular weight excluding hydrogens is 484 g/mol. The fourth-order valence-corrected chi connectivity index (χ4v) is 4.62. The second-order valence-electron chi connectivity index (χ2n) is 8.84. The second kappa shape index (κ2) is 10.3. The van der Waals surface area contributed by atoms with Crippen LogP contribution in [0.4, 0.5) is 23.4 Å². The number of anilines is 1. The first kappa shape index (κ1) is 25.0. The fourth-order valence-electron chi connectivity index (χ4n) is 4.42. The molecule has 0 atom stereocenters. The molecule has 0 aliphatic heterocycles. The second-order valence-corrected chi connectivity index (χ2v) is 9.25. The van der Waals surface area contributed by atoms with Gasteiger partial charge >= 0.3 is 6.18 Å². The van der Waals surface area contributed by atoms with Crippen LogP contribution in [0.15, 0.2) is 42.5 Å². The van der Waals surface area contributed by atoms with Crippen molar-refractivity contribution in [1.29, 1.82) is 0 Å². The van der Waals surface area contributed by atoms with E-state index in [9.17, 15) is 22.4 Å². The Kier molecular flexibility index (Phi) is 7.35. The van der Waals surface area contributed by atoms with Crippen LogP contribution in [0.5, 0.6) is 0 Å². The summed E-state index contributed by atoms with van der Waals surface area (Å²) in [5.74, 6) is 0.143. The Labute approximate surface area is 205 Å². The molecule has 1 aromatic heterocycles. The summed E-state index contributed by atoms with van der Waals surface area (Å²) in [5, 5.41) is 13.5. The largest absolute Gasteiger partial charge is 0.416 e. The molecule has 0 bridgehead atoms. The van der Waals surface area contributed by atoms with E-state index >= 15 is 0 Å². The Balaban J connectivity index is 1.31. The number of halogens is 5. The highest BCUT2D eigenvalue weighted by atomic mass is 35.5. The number of amides is 1. The third-order valence-corrected chi connectivity index (χ3v) is 6.69. The van der Waals surface area contributed by atoms with E-state index in [2.05, 4.69) is 20.8 Å². The highest BCUT2D eigenvalue weighted by Crippen LogP contribution is 2.33.